The highest BCUT2D eigenvalue weighted by Gasteiger charge is 2.11. The first-order valence-electron chi connectivity index (χ1n) is 8.11. The Bertz CT molecular complexity index is 1030. The molecular formula is C22H17NO3. The number of nitrogens with zero attached hydrogens (tertiary/aromatic N) is 1. The van der Waals surface area contributed by atoms with E-state index in [0.29, 0.717) is 17.1 Å². The molecule has 0 bridgehead atoms. The maximum atomic E-state index is 11.1. The minimum Gasteiger partial charge on any atom is -0.478 e. The molecule has 3 rings (SSSR count). The minimum absolute atomic E-state index is 0.240. The Morgan fingerprint density at radius 1 is 1.04 bits per heavy atom. The Hall–Kier alpha value is -3.58. The number of carboxylic acids is 1. The quantitative estimate of drug-likeness (QED) is 0.650. The standard InChI is InChI=1S/C22H17NO3/c1-14-3-5-16(6-4-14)18(13-23)12-19-8-10-21(26-19)20-9-7-17(22(24)25)11-15(20)2/h3-12H,1-2H3,(H,24,25)/b18-12-. The molecule has 4 heteroatoms. The lowest BCUT2D eigenvalue weighted by Gasteiger charge is -2.04. The van der Waals surface area contributed by atoms with Crippen LogP contribution in [-0.4, -0.2) is 11.1 Å². The van der Waals surface area contributed by atoms with Crippen LogP contribution in [0.4, 0.5) is 0 Å². The summed E-state index contributed by atoms with van der Waals surface area (Å²) < 4.78 is 5.85. The number of carboxylic acid groups (broad SMARTS) is 1. The van der Waals surface area contributed by atoms with Gasteiger partial charge in [-0.2, -0.15) is 5.26 Å². The summed E-state index contributed by atoms with van der Waals surface area (Å²) in [5.74, 6) is 0.241. The SMILES string of the molecule is Cc1ccc(/C(C#N)=C\c2ccc(-c3ccc(C(=O)O)cc3C)o2)cc1. The fourth-order valence-corrected chi connectivity index (χ4v) is 2.70. The number of allylic oxidation sites excluding steroid dienone is 1. The van der Waals surface area contributed by atoms with E-state index in [0.717, 1.165) is 22.3 Å². The molecular weight excluding hydrogens is 326 g/mol. The molecule has 1 N–H and O–H groups in total. The van der Waals surface area contributed by atoms with E-state index in [1.54, 1.807) is 30.3 Å². The molecule has 0 spiro atoms. The molecule has 0 saturated carbocycles. The predicted octanol–water partition coefficient (Wildman–Crippen LogP) is 5.33. The number of benzene rings is 2. The van der Waals surface area contributed by atoms with Crippen molar-refractivity contribution in [1.29, 1.82) is 5.26 Å². The summed E-state index contributed by atoms with van der Waals surface area (Å²) in [6, 6.07) is 18.4. The van der Waals surface area contributed by atoms with E-state index in [9.17, 15) is 10.1 Å². The van der Waals surface area contributed by atoms with Crippen molar-refractivity contribution in [1.82, 2.24) is 0 Å². The van der Waals surface area contributed by atoms with Crippen LogP contribution < -0.4 is 0 Å². The Morgan fingerprint density at radius 3 is 2.35 bits per heavy atom. The van der Waals surface area contributed by atoms with E-state index >= 15 is 0 Å². The molecule has 0 saturated heterocycles. The summed E-state index contributed by atoms with van der Waals surface area (Å²) in [5, 5.41) is 18.5. The van der Waals surface area contributed by atoms with Crippen LogP contribution in [0.2, 0.25) is 0 Å². The van der Waals surface area contributed by atoms with Crippen LogP contribution >= 0.6 is 0 Å². The third-order valence-electron chi connectivity index (χ3n) is 4.14. The maximum Gasteiger partial charge on any atom is 0.335 e. The number of hydrogen-bond acceptors (Lipinski definition) is 3. The van der Waals surface area contributed by atoms with Crippen molar-refractivity contribution in [2.24, 2.45) is 0 Å². The zero-order valence-electron chi connectivity index (χ0n) is 14.5. The summed E-state index contributed by atoms with van der Waals surface area (Å²) >= 11 is 0. The minimum atomic E-state index is -0.959. The van der Waals surface area contributed by atoms with Gasteiger partial charge >= 0.3 is 5.97 Å². The van der Waals surface area contributed by atoms with E-state index in [1.165, 1.54) is 0 Å². The average molecular weight is 343 g/mol. The van der Waals surface area contributed by atoms with Gasteiger partial charge in [0, 0.05) is 5.56 Å². The molecule has 26 heavy (non-hydrogen) atoms. The van der Waals surface area contributed by atoms with Gasteiger partial charge in [-0.15, -0.1) is 0 Å². The topological polar surface area (TPSA) is 74.2 Å². The fourth-order valence-electron chi connectivity index (χ4n) is 2.70. The van der Waals surface area contributed by atoms with Gasteiger partial charge in [-0.25, -0.2) is 4.79 Å². The normalized spacial score (nSPS) is 11.2. The highest BCUT2D eigenvalue weighted by Crippen LogP contribution is 2.28. The van der Waals surface area contributed by atoms with Gasteiger partial charge in [-0.1, -0.05) is 35.9 Å². The number of nitriles is 1. The Balaban J connectivity index is 1.93. The number of aryl methyl sites for hydroxylation is 2. The molecule has 0 fully saturated rings. The molecule has 128 valence electrons. The lowest BCUT2D eigenvalue weighted by molar-refractivity contribution is 0.0697. The summed E-state index contributed by atoms with van der Waals surface area (Å²) in [7, 11) is 0. The van der Waals surface area contributed by atoms with Gasteiger partial charge in [0.25, 0.3) is 0 Å². The summed E-state index contributed by atoms with van der Waals surface area (Å²) in [4.78, 5) is 11.1. The third-order valence-corrected chi connectivity index (χ3v) is 4.14. The molecule has 1 aromatic heterocycles. The number of hydrogen-bond donors (Lipinski definition) is 1. The number of furan rings is 1. The lowest BCUT2D eigenvalue weighted by atomic mass is 10.0. The first-order chi connectivity index (χ1) is 12.5. The molecule has 0 aliphatic rings. The van der Waals surface area contributed by atoms with Crippen LogP contribution in [0.5, 0.6) is 0 Å². The average Bonchev–Trinajstić information content (AvgIpc) is 3.08. The van der Waals surface area contributed by atoms with E-state index in [4.69, 9.17) is 9.52 Å². The molecule has 0 atom stereocenters. The van der Waals surface area contributed by atoms with Crippen LogP contribution in [0.15, 0.2) is 59.0 Å². The second-order valence-electron chi connectivity index (χ2n) is 6.07. The number of rotatable bonds is 4. The van der Waals surface area contributed by atoms with Gasteiger partial charge in [0.05, 0.1) is 17.2 Å². The van der Waals surface area contributed by atoms with Crippen LogP contribution in [0.1, 0.15) is 32.8 Å². The molecule has 1 heterocycles. The second kappa shape index (κ2) is 7.12. The van der Waals surface area contributed by atoms with Gasteiger partial charge in [0.2, 0.25) is 0 Å². The maximum absolute atomic E-state index is 11.1. The summed E-state index contributed by atoms with van der Waals surface area (Å²) in [5.41, 5.74) is 4.36. The largest absolute Gasteiger partial charge is 0.478 e. The number of aromatic carboxylic acids is 1. The molecule has 0 unspecified atom stereocenters. The molecule has 2 aromatic carbocycles. The van der Waals surface area contributed by atoms with Crippen molar-refractivity contribution in [2.45, 2.75) is 13.8 Å². The van der Waals surface area contributed by atoms with Crippen molar-refractivity contribution in [3.8, 4) is 17.4 Å². The van der Waals surface area contributed by atoms with Gasteiger partial charge in [0.15, 0.2) is 0 Å². The summed E-state index contributed by atoms with van der Waals surface area (Å²) in [6.07, 6.45) is 1.70. The van der Waals surface area contributed by atoms with Crippen molar-refractivity contribution in [3.63, 3.8) is 0 Å². The van der Waals surface area contributed by atoms with Crippen LogP contribution in [0.3, 0.4) is 0 Å². The van der Waals surface area contributed by atoms with E-state index < -0.39 is 5.97 Å². The molecule has 0 aliphatic carbocycles. The zero-order chi connectivity index (χ0) is 18.7. The fraction of sp³-hybridized carbons (Fsp3) is 0.0909. The van der Waals surface area contributed by atoms with Gasteiger partial charge in [-0.3, -0.25) is 0 Å². The lowest BCUT2D eigenvalue weighted by Crippen LogP contribution is -1.96. The Kier molecular flexibility index (Phi) is 4.72. The first kappa shape index (κ1) is 17.2. The molecule has 3 aromatic rings. The summed E-state index contributed by atoms with van der Waals surface area (Å²) in [6.45, 7) is 3.84. The van der Waals surface area contributed by atoms with Crippen molar-refractivity contribution in [2.75, 3.05) is 0 Å². The molecule has 4 nitrogen and oxygen atoms in total. The number of carbonyl (C=O) groups is 1. The van der Waals surface area contributed by atoms with E-state index in [-0.39, 0.29) is 5.56 Å². The van der Waals surface area contributed by atoms with E-state index in [2.05, 4.69) is 6.07 Å². The van der Waals surface area contributed by atoms with Crippen molar-refractivity contribution < 1.29 is 14.3 Å². The predicted molar refractivity (Wildman–Crippen MR) is 101 cm³/mol. The highest BCUT2D eigenvalue weighted by atomic mass is 16.4. The first-order valence-corrected chi connectivity index (χ1v) is 8.11. The van der Waals surface area contributed by atoms with Gasteiger partial charge in [-0.05, 0) is 55.3 Å². The van der Waals surface area contributed by atoms with Crippen LogP contribution in [0.25, 0.3) is 23.0 Å². The third kappa shape index (κ3) is 3.57. The van der Waals surface area contributed by atoms with Crippen molar-refractivity contribution >= 4 is 17.6 Å². The van der Waals surface area contributed by atoms with Crippen molar-refractivity contribution in [3.05, 3.63) is 82.6 Å². The van der Waals surface area contributed by atoms with Crippen LogP contribution in [-0.2, 0) is 0 Å². The smallest absolute Gasteiger partial charge is 0.335 e. The monoisotopic (exact) mass is 343 g/mol. The van der Waals surface area contributed by atoms with Crippen LogP contribution in [0, 0.1) is 25.2 Å². The Labute approximate surface area is 151 Å². The zero-order valence-corrected chi connectivity index (χ0v) is 14.5. The van der Waals surface area contributed by atoms with Gasteiger partial charge < -0.3 is 9.52 Å². The van der Waals surface area contributed by atoms with E-state index in [1.807, 2.05) is 44.2 Å². The molecule has 0 radical (unpaired) electrons. The van der Waals surface area contributed by atoms with Gasteiger partial charge in [0.1, 0.15) is 11.5 Å². The Morgan fingerprint density at radius 2 is 1.73 bits per heavy atom. The molecule has 0 aliphatic heterocycles. The second-order valence-corrected chi connectivity index (χ2v) is 6.07. The molecule has 0 amide bonds. The highest BCUT2D eigenvalue weighted by molar-refractivity contribution is 5.90.